The largest absolute Gasteiger partial charge is 0.481 e. The molecule has 1 fully saturated rings. The second-order valence-electron chi connectivity index (χ2n) is 5.24. The van der Waals surface area contributed by atoms with E-state index in [1.807, 2.05) is 12.1 Å². The number of benzene rings is 1. The molecule has 0 bridgehead atoms. The van der Waals surface area contributed by atoms with E-state index in [1.54, 1.807) is 0 Å². The summed E-state index contributed by atoms with van der Waals surface area (Å²) in [4.78, 5) is 11.1. The molecule has 0 aliphatic heterocycles. The molecule has 1 aliphatic rings. The first kappa shape index (κ1) is 14.5. The smallest absolute Gasteiger partial charge is 0.312 e. The number of hydrogen-bond donors (Lipinski definition) is 2. The molecule has 1 aliphatic carbocycles. The Kier molecular flexibility index (Phi) is 4.99. The molecule has 0 saturated heterocycles. The van der Waals surface area contributed by atoms with Crippen LogP contribution >= 0.6 is 15.9 Å². The zero-order chi connectivity index (χ0) is 13.8. The van der Waals surface area contributed by atoms with Crippen LogP contribution in [-0.4, -0.2) is 17.6 Å². The van der Waals surface area contributed by atoms with Crippen LogP contribution in [0.25, 0.3) is 0 Å². The summed E-state index contributed by atoms with van der Waals surface area (Å²) >= 11 is 3.60. The van der Waals surface area contributed by atoms with Crippen LogP contribution in [0.5, 0.6) is 0 Å². The molecule has 1 unspecified atom stereocenters. The maximum atomic E-state index is 11.1. The molecule has 19 heavy (non-hydrogen) atoms. The fourth-order valence-electron chi connectivity index (χ4n) is 2.88. The average molecular weight is 326 g/mol. The van der Waals surface area contributed by atoms with E-state index in [9.17, 15) is 4.79 Å². The van der Waals surface area contributed by atoms with Gasteiger partial charge in [0, 0.05) is 11.0 Å². The summed E-state index contributed by atoms with van der Waals surface area (Å²) < 4.78 is 1.02. The van der Waals surface area contributed by atoms with Crippen LogP contribution in [0.3, 0.4) is 0 Å². The lowest BCUT2D eigenvalue weighted by molar-refractivity contribution is -0.138. The summed E-state index contributed by atoms with van der Waals surface area (Å²) in [5.74, 6) is -0.866. The van der Waals surface area contributed by atoms with Gasteiger partial charge < -0.3 is 10.8 Å². The lowest BCUT2D eigenvalue weighted by atomic mass is 9.83. The lowest BCUT2D eigenvalue weighted by Crippen LogP contribution is -2.21. The molecule has 1 saturated carbocycles. The molecule has 0 radical (unpaired) electrons. The number of carbonyl (C=O) groups is 1. The summed E-state index contributed by atoms with van der Waals surface area (Å²) in [5.41, 5.74) is 7.63. The Morgan fingerprint density at radius 3 is 2.58 bits per heavy atom. The molecule has 1 aromatic carbocycles. The van der Waals surface area contributed by atoms with Crippen LogP contribution < -0.4 is 5.73 Å². The molecule has 0 heterocycles. The van der Waals surface area contributed by atoms with E-state index >= 15 is 0 Å². The zero-order valence-corrected chi connectivity index (χ0v) is 12.5. The van der Waals surface area contributed by atoms with Crippen LogP contribution in [0.15, 0.2) is 22.7 Å². The molecule has 2 rings (SSSR count). The molecule has 0 spiro atoms. The predicted octanol–water partition coefficient (Wildman–Crippen LogP) is 3.62. The molecule has 0 amide bonds. The van der Waals surface area contributed by atoms with Crippen molar-refractivity contribution in [2.75, 3.05) is 6.54 Å². The third-order valence-electron chi connectivity index (χ3n) is 4.01. The average Bonchev–Trinajstić information content (AvgIpc) is 2.40. The monoisotopic (exact) mass is 325 g/mol. The van der Waals surface area contributed by atoms with Crippen molar-refractivity contribution in [3.8, 4) is 0 Å². The Hall–Kier alpha value is -0.870. The third kappa shape index (κ3) is 3.37. The molecule has 4 heteroatoms. The topological polar surface area (TPSA) is 63.3 Å². The van der Waals surface area contributed by atoms with Gasteiger partial charge in [0.05, 0.1) is 5.92 Å². The first-order chi connectivity index (χ1) is 9.13. The van der Waals surface area contributed by atoms with Gasteiger partial charge in [0.1, 0.15) is 0 Å². The van der Waals surface area contributed by atoms with E-state index < -0.39 is 11.9 Å². The van der Waals surface area contributed by atoms with Gasteiger partial charge in [0.2, 0.25) is 0 Å². The van der Waals surface area contributed by atoms with Crippen LogP contribution in [-0.2, 0) is 4.79 Å². The molecule has 0 aromatic heterocycles. The van der Waals surface area contributed by atoms with E-state index in [-0.39, 0.29) is 6.54 Å². The van der Waals surface area contributed by atoms with Gasteiger partial charge in [-0.3, -0.25) is 4.79 Å². The van der Waals surface area contributed by atoms with E-state index in [1.165, 1.54) is 37.7 Å². The van der Waals surface area contributed by atoms with Crippen molar-refractivity contribution < 1.29 is 9.90 Å². The fraction of sp³-hybridized carbons (Fsp3) is 0.533. The van der Waals surface area contributed by atoms with E-state index in [0.29, 0.717) is 5.92 Å². The normalized spacial score (nSPS) is 18.2. The number of nitrogens with two attached hydrogens (primary N) is 1. The van der Waals surface area contributed by atoms with Gasteiger partial charge in [0.25, 0.3) is 0 Å². The Labute approximate surface area is 122 Å². The van der Waals surface area contributed by atoms with Crippen LogP contribution in [0.1, 0.15) is 55.1 Å². The van der Waals surface area contributed by atoms with Gasteiger partial charge in [-0.15, -0.1) is 0 Å². The zero-order valence-electron chi connectivity index (χ0n) is 10.9. The molecule has 3 N–H and O–H groups in total. The van der Waals surface area contributed by atoms with Crippen LogP contribution in [0.2, 0.25) is 0 Å². The van der Waals surface area contributed by atoms with E-state index in [2.05, 4.69) is 22.0 Å². The van der Waals surface area contributed by atoms with Crippen molar-refractivity contribution >= 4 is 21.9 Å². The van der Waals surface area contributed by atoms with Gasteiger partial charge in [0.15, 0.2) is 0 Å². The SMILES string of the molecule is NCC(C(=O)O)c1ccc(C2CCCCC2)c(Br)c1. The summed E-state index contributed by atoms with van der Waals surface area (Å²) in [7, 11) is 0. The van der Waals surface area contributed by atoms with Gasteiger partial charge in [-0.2, -0.15) is 0 Å². The lowest BCUT2D eigenvalue weighted by Gasteiger charge is -2.23. The van der Waals surface area contributed by atoms with Gasteiger partial charge >= 0.3 is 5.97 Å². The van der Waals surface area contributed by atoms with Gasteiger partial charge in [-0.1, -0.05) is 47.3 Å². The number of aliphatic carboxylic acids is 1. The van der Waals surface area contributed by atoms with E-state index in [0.717, 1.165) is 10.0 Å². The second-order valence-corrected chi connectivity index (χ2v) is 6.10. The Morgan fingerprint density at radius 2 is 2.05 bits per heavy atom. The van der Waals surface area contributed by atoms with Crippen LogP contribution in [0, 0.1) is 0 Å². The number of hydrogen-bond acceptors (Lipinski definition) is 2. The standard InChI is InChI=1S/C15H20BrNO2/c16-14-8-11(13(9-17)15(18)19)6-7-12(14)10-4-2-1-3-5-10/h6-8,10,13H,1-5,9,17H2,(H,18,19). The molecule has 3 nitrogen and oxygen atoms in total. The highest BCUT2D eigenvalue weighted by molar-refractivity contribution is 9.10. The van der Waals surface area contributed by atoms with Crippen molar-refractivity contribution in [1.29, 1.82) is 0 Å². The van der Waals surface area contributed by atoms with Gasteiger partial charge in [-0.05, 0) is 36.0 Å². The Bertz CT molecular complexity index is 455. The number of carboxylic acid groups (broad SMARTS) is 1. The minimum absolute atomic E-state index is 0.130. The minimum Gasteiger partial charge on any atom is -0.481 e. The first-order valence-electron chi connectivity index (χ1n) is 6.85. The number of halogens is 1. The maximum absolute atomic E-state index is 11.1. The number of rotatable bonds is 4. The highest BCUT2D eigenvalue weighted by atomic mass is 79.9. The highest BCUT2D eigenvalue weighted by Gasteiger charge is 2.21. The number of carboxylic acids is 1. The fourth-order valence-corrected chi connectivity index (χ4v) is 3.60. The quantitative estimate of drug-likeness (QED) is 0.888. The second kappa shape index (κ2) is 6.53. The van der Waals surface area contributed by atoms with E-state index in [4.69, 9.17) is 10.8 Å². The van der Waals surface area contributed by atoms with Crippen molar-refractivity contribution in [3.63, 3.8) is 0 Å². The van der Waals surface area contributed by atoms with Crippen molar-refractivity contribution in [3.05, 3.63) is 33.8 Å². The van der Waals surface area contributed by atoms with Crippen molar-refractivity contribution in [1.82, 2.24) is 0 Å². The third-order valence-corrected chi connectivity index (χ3v) is 4.69. The summed E-state index contributed by atoms with van der Waals surface area (Å²) in [6, 6.07) is 5.91. The molecular weight excluding hydrogens is 306 g/mol. The highest BCUT2D eigenvalue weighted by Crippen LogP contribution is 2.37. The molecular formula is C15H20BrNO2. The molecule has 1 atom stereocenters. The Balaban J connectivity index is 2.23. The maximum Gasteiger partial charge on any atom is 0.312 e. The summed E-state index contributed by atoms with van der Waals surface area (Å²) in [6.45, 7) is 0.130. The molecule has 1 aromatic rings. The summed E-state index contributed by atoms with van der Waals surface area (Å²) in [6.07, 6.45) is 6.38. The first-order valence-corrected chi connectivity index (χ1v) is 7.65. The minimum atomic E-state index is -0.861. The van der Waals surface area contributed by atoms with Crippen molar-refractivity contribution in [2.45, 2.75) is 43.9 Å². The predicted molar refractivity (Wildman–Crippen MR) is 79.4 cm³/mol. The van der Waals surface area contributed by atoms with Gasteiger partial charge in [-0.25, -0.2) is 0 Å². The Morgan fingerprint density at radius 1 is 1.37 bits per heavy atom. The summed E-state index contributed by atoms with van der Waals surface area (Å²) in [5, 5.41) is 9.14. The molecule has 104 valence electrons. The van der Waals surface area contributed by atoms with Crippen molar-refractivity contribution in [2.24, 2.45) is 5.73 Å². The van der Waals surface area contributed by atoms with Crippen LogP contribution in [0.4, 0.5) is 0 Å².